The maximum Gasteiger partial charge on any atom is 0.178 e. The van der Waals surface area contributed by atoms with E-state index in [9.17, 15) is 4.39 Å². The Bertz CT molecular complexity index is 854. The molecule has 0 aliphatic carbocycles. The van der Waals surface area contributed by atoms with E-state index in [1.165, 1.54) is 6.07 Å². The molecule has 3 nitrogen and oxygen atoms in total. The second kappa shape index (κ2) is 5.61. The van der Waals surface area contributed by atoms with Gasteiger partial charge in [0.1, 0.15) is 11.6 Å². The number of imidazole rings is 1. The molecule has 0 bridgehead atoms. The smallest absolute Gasteiger partial charge is 0.178 e. The van der Waals surface area contributed by atoms with Crippen LogP contribution in [0.4, 0.5) is 4.39 Å². The molecule has 1 aromatic heterocycles. The molecule has 3 rings (SSSR count). The highest BCUT2D eigenvalue weighted by Crippen LogP contribution is 2.24. The molecule has 3 aromatic rings. The lowest BCUT2D eigenvalue weighted by Crippen LogP contribution is -1.99. The number of aromatic nitrogens is 2. The minimum Gasteiger partial charge on any atom is -0.497 e. The zero-order chi connectivity index (χ0) is 15.0. The van der Waals surface area contributed by atoms with Crippen LogP contribution in [0.1, 0.15) is 5.56 Å². The van der Waals surface area contributed by atoms with Gasteiger partial charge in [0.05, 0.1) is 29.2 Å². The summed E-state index contributed by atoms with van der Waals surface area (Å²) in [5.41, 5.74) is 2.64. The molecule has 1 N–H and O–H groups in total. The molecular weight excluding hydrogens is 355 g/mol. The predicted octanol–water partition coefficient (Wildman–Crippen LogP) is 4.66. The summed E-state index contributed by atoms with van der Waals surface area (Å²) >= 11 is 8.54. The predicted molar refractivity (Wildman–Crippen MR) is 86.9 cm³/mol. The minimum absolute atomic E-state index is 0.310. The standard InChI is InChI=1S/C15H12BrFN2OS/c1-20-10-4-2-9(3-5-10)8-19-14-6-11(16)12(17)7-13(14)18-15(19)21/h2-7H,8H2,1H3,(H,18,21). The lowest BCUT2D eigenvalue weighted by molar-refractivity contribution is 0.414. The molecule has 0 fully saturated rings. The molecule has 21 heavy (non-hydrogen) atoms. The van der Waals surface area contributed by atoms with Crippen molar-refractivity contribution in [1.82, 2.24) is 9.55 Å². The van der Waals surface area contributed by atoms with Gasteiger partial charge in [0, 0.05) is 6.07 Å². The Hall–Kier alpha value is -1.66. The molecule has 0 radical (unpaired) electrons. The number of fused-ring (bicyclic) bond motifs is 1. The normalized spacial score (nSPS) is 11.0. The van der Waals surface area contributed by atoms with Gasteiger partial charge in [-0.3, -0.25) is 0 Å². The van der Waals surface area contributed by atoms with Crippen molar-refractivity contribution in [2.45, 2.75) is 6.54 Å². The number of nitrogens with one attached hydrogen (secondary N) is 1. The summed E-state index contributed by atoms with van der Waals surface area (Å²) in [6, 6.07) is 11.0. The van der Waals surface area contributed by atoms with E-state index in [1.807, 2.05) is 28.8 Å². The Labute approximate surface area is 134 Å². The lowest BCUT2D eigenvalue weighted by Gasteiger charge is -2.06. The highest BCUT2D eigenvalue weighted by atomic mass is 79.9. The topological polar surface area (TPSA) is 29.9 Å². The van der Waals surface area contributed by atoms with Crippen LogP contribution in [0.5, 0.6) is 5.75 Å². The second-order valence-corrected chi connectivity index (χ2v) is 5.89. The fraction of sp³-hybridized carbons (Fsp3) is 0.133. The van der Waals surface area contributed by atoms with Gasteiger partial charge in [-0.05, 0) is 51.9 Å². The van der Waals surface area contributed by atoms with E-state index in [0.717, 1.165) is 16.8 Å². The molecule has 0 saturated heterocycles. The quantitative estimate of drug-likeness (QED) is 0.683. The number of H-pyrrole nitrogens is 1. The van der Waals surface area contributed by atoms with E-state index in [-0.39, 0.29) is 5.82 Å². The molecule has 0 atom stereocenters. The van der Waals surface area contributed by atoms with E-state index in [0.29, 0.717) is 21.3 Å². The van der Waals surface area contributed by atoms with Gasteiger partial charge < -0.3 is 14.3 Å². The summed E-state index contributed by atoms with van der Waals surface area (Å²) < 4.78 is 21.7. The second-order valence-electron chi connectivity index (χ2n) is 4.65. The van der Waals surface area contributed by atoms with Crippen molar-refractivity contribution in [3.05, 3.63) is 57.0 Å². The number of halogens is 2. The van der Waals surface area contributed by atoms with Crippen LogP contribution in [0, 0.1) is 10.6 Å². The van der Waals surface area contributed by atoms with Crippen LogP contribution in [-0.2, 0) is 6.54 Å². The Morgan fingerprint density at radius 2 is 2.00 bits per heavy atom. The van der Waals surface area contributed by atoms with Crippen LogP contribution in [0.2, 0.25) is 0 Å². The number of hydrogen-bond acceptors (Lipinski definition) is 2. The Morgan fingerprint density at radius 3 is 2.67 bits per heavy atom. The molecule has 6 heteroatoms. The Morgan fingerprint density at radius 1 is 1.29 bits per heavy atom. The molecule has 0 saturated carbocycles. The first-order chi connectivity index (χ1) is 10.1. The van der Waals surface area contributed by atoms with Crippen LogP contribution >= 0.6 is 28.1 Å². The number of hydrogen-bond donors (Lipinski definition) is 1. The first-order valence-corrected chi connectivity index (χ1v) is 7.49. The number of nitrogens with zero attached hydrogens (tertiary/aromatic N) is 1. The number of ether oxygens (including phenoxy) is 1. The number of benzene rings is 2. The van der Waals surface area contributed by atoms with E-state index < -0.39 is 0 Å². The number of rotatable bonds is 3. The average molecular weight is 367 g/mol. The molecule has 0 spiro atoms. The summed E-state index contributed by atoms with van der Waals surface area (Å²) in [7, 11) is 1.64. The van der Waals surface area contributed by atoms with E-state index >= 15 is 0 Å². The van der Waals surface area contributed by atoms with Gasteiger partial charge in [0.2, 0.25) is 0 Å². The van der Waals surface area contributed by atoms with Gasteiger partial charge in [-0.1, -0.05) is 12.1 Å². The zero-order valence-corrected chi connectivity index (χ0v) is 13.6. The minimum atomic E-state index is -0.310. The Kier molecular flexibility index (Phi) is 3.82. The van der Waals surface area contributed by atoms with Crippen molar-refractivity contribution < 1.29 is 9.13 Å². The highest BCUT2D eigenvalue weighted by molar-refractivity contribution is 9.10. The third kappa shape index (κ3) is 2.73. The van der Waals surface area contributed by atoms with Gasteiger partial charge in [0.25, 0.3) is 0 Å². The van der Waals surface area contributed by atoms with E-state index in [4.69, 9.17) is 17.0 Å². The van der Waals surface area contributed by atoms with Gasteiger partial charge in [-0.25, -0.2) is 4.39 Å². The van der Waals surface area contributed by atoms with Crippen LogP contribution < -0.4 is 4.74 Å². The van der Waals surface area contributed by atoms with E-state index in [1.54, 1.807) is 13.2 Å². The van der Waals surface area contributed by atoms with Crippen molar-refractivity contribution in [3.8, 4) is 5.75 Å². The number of methoxy groups -OCH3 is 1. The van der Waals surface area contributed by atoms with Crippen LogP contribution in [-0.4, -0.2) is 16.7 Å². The first kappa shape index (κ1) is 14.3. The van der Waals surface area contributed by atoms with Gasteiger partial charge >= 0.3 is 0 Å². The number of aromatic amines is 1. The van der Waals surface area contributed by atoms with Crippen molar-refractivity contribution in [2.75, 3.05) is 7.11 Å². The summed E-state index contributed by atoms with van der Waals surface area (Å²) in [5, 5.41) is 0. The lowest BCUT2D eigenvalue weighted by atomic mass is 10.2. The summed E-state index contributed by atoms with van der Waals surface area (Å²) in [4.78, 5) is 3.03. The van der Waals surface area contributed by atoms with Crippen LogP contribution in [0.3, 0.4) is 0 Å². The van der Waals surface area contributed by atoms with Gasteiger partial charge in [0.15, 0.2) is 4.77 Å². The molecule has 0 amide bonds. The summed E-state index contributed by atoms with van der Waals surface area (Å²) in [6.45, 7) is 0.612. The zero-order valence-electron chi connectivity index (χ0n) is 11.2. The molecular formula is C15H12BrFN2OS. The first-order valence-electron chi connectivity index (χ1n) is 6.29. The fourth-order valence-electron chi connectivity index (χ4n) is 2.22. The molecule has 0 unspecified atom stereocenters. The average Bonchev–Trinajstić information content (AvgIpc) is 2.76. The van der Waals surface area contributed by atoms with Crippen LogP contribution in [0.25, 0.3) is 11.0 Å². The fourth-order valence-corrected chi connectivity index (χ4v) is 2.83. The SMILES string of the molecule is COc1ccc(Cn2c(=S)[nH]c3cc(F)c(Br)cc32)cc1. The maximum absolute atomic E-state index is 13.6. The van der Waals surface area contributed by atoms with E-state index in [2.05, 4.69) is 20.9 Å². The van der Waals surface area contributed by atoms with Crippen molar-refractivity contribution in [3.63, 3.8) is 0 Å². The largest absolute Gasteiger partial charge is 0.497 e. The highest BCUT2D eigenvalue weighted by Gasteiger charge is 2.09. The van der Waals surface area contributed by atoms with Gasteiger partial charge in [-0.15, -0.1) is 0 Å². The molecule has 0 aliphatic heterocycles. The summed E-state index contributed by atoms with van der Waals surface area (Å²) in [6.07, 6.45) is 0. The monoisotopic (exact) mass is 366 g/mol. The van der Waals surface area contributed by atoms with Gasteiger partial charge in [-0.2, -0.15) is 0 Å². The molecule has 0 aliphatic rings. The maximum atomic E-state index is 13.6. The van der Waals surface area contributed by atoms with Crippen molar-refractivity contribution >= 4 is 39.2 Å². The van der Waals surface area contributed by atoms with Crippen molar-refractivity contribution in [1.29, 1.82) is 0 Å². The molecule has 1 heterocycles. The third-order valence-corrected chi connectivity index (χ3v) is 4.25. The summed E-state index contributed by atoms with van der Waals surface area (Å²) in [5.74, 6) is 0.501. The molecule has 108 valence electrons. The third-order valence-electron chi connectivity index (χ3n) is 3.32. The van der Waals surface area contributed by atoms with Crippen LogP contribution in [0.15, 0.2) is 40.9 Å². The van der Waals surface area contributed by atoms with Crippen molar-refractivity contribution in [2.24, 2.45) is 0 Å². The molecule has 2 aromatic carbocycles. The Balaban J connectivity index is 2.05.